The smallest absolute Gasteiger partial charge is 0.0659 e. The van der Waals surface area contributed by atoms with Gasteiger partial charge in [-0.2, -0.15) is 5.10 Å². The van der Waals surface area contributed by atoms with E-state index in [0.29, 0.717) is 0 Å². The molecule has 3 nitrogen and oxygen atoms in total. The van der Waals surface area contributed by atoms with Gasteiger partial charge in [0.15, 0.2) is 0 Å². The van der Waals surface area contributed by atoms with Gasteiger partial charge in [0.2, 0.25) is 0 Å². The van der Waals surface area contributed by atoms with E-state index in [1.54, 1.807) is 0 Å². The maximum Gasteiger partial charge on any atom is 0.0659 e. The number of allylic oxidation sites excluding steroid dienone is 1. The van der Waals surface area contributed by atoms with Gasteiger partial charge in [0.25, 0.3) is 0 Å². The molecule has 2 heterocycles. The predicted octanol–water partition coefficient (Wildman–Crippen LogP) is 4.33. The number of aromatic nitrogens is 3. The van der Waals surface area contributed by atoms with Gasteiger partial charge in [-0.3, -0.25) is 9.67 Å². The van der Waals surface area contributed by atoms with Crippen molar-refractivity contribution < 1.29 is 0 Å². The minimum atomic E-state index is 0.782. The van der Waals surface area contributed by atoms with Gasteiger partial charge in [0, 0.05) is 23.5 Å². The lowest BCUT2D eigenvalue weighted by atomic mass is 10.1. The Morgan fingerprint density at radius 1 is 1.09 bits per heavy atom. The molecule has 110 valence electrons. The van der Waals surface area contributed by atoms with Gasteiger partial charge in [-0.15, -0.1) is 0 Å². The van der Waals surface area contributed by atoms with E-state index in [1.807, 2.05) is 54.4 Å². The third-order valence-electron chi connectivity index (χ3n) is 3.60. The Morgan fingerprint density at radius 3 is 2.64 bits per heavy atom. The van der Waals surface area contributed by atoms with Crippen molar-refractivity contribution in [3.05, 3.63) is 77.9 Å². The summed E-state index contributed by atoms with van der Waals surface area (Å²) in [6.45, 7) is 4.87. The zero-order valence-electron chi connectivity index (χ0n) is 12.9. The number of benzene rings is 1. The van der Waals surface area contributed by atoms with E-state index in [9.17, 15) is 0 Å². The quantitative estimate of drug-likeness (QED) is 0.715. The van der Waals surface area contributed by atoms with E-state index in [1.165, 1.54) is 11.1 Å². The highest BCUT2D eigenvalue weighted by molar-refractivity contribution is 5.64. The average molecular weight is 289 g/mol. The van der Waals surface area contributed by atoms with Crippen molar-refractivity contribution in [2.75, 3.05) is 0 Å². The summed E-state index contributed by atoms with van der Waals surface area (Å²) in [5, 5.41) is 4.45. The number of aryl methyl sites for hydroxylation is 1. The monoisotopic (exact) mass is 289 g/mol. The second-order valence-electron chi connectivity index (χ2n) is 5.34. The summed E-state index contributed by atoms with van der Waals surface area (Å²) in [6, 6.07) is 12.5. The minimum Gasteiger partial charge on any atom is -0.268 e. The molecule has 0 atom stereocenters. The van der Waals surface area contributed by atoms with Crippen LogP contribution in [-0.4, -0.2) is 14.8 Å². The van der Waals surface area contributed by atoms with E-state index in [0.717, 1.165) is 23.4 Å². The van der Waals surface area contributed by atoms with Crippen LogP contribution in [0, 0.1) is 6.92 Å². The van der Waals surface area contributed by atoms with E-state index in [2.05, 4.69) is 41.4 Å². The Labute approximate surface area is 131 Å². The summed E-state index contributed by atoms with van der Waals surface area (Å²) in [6.07, 6.45) is 9.91. The normalized spacial score (nSPS) is 11.2. The molecule has 0 aliphatic rings. The van der Waals surface area contributed by atoms with Crippen LogP contribution in [-0.2, 0) is 6.54 Å². The molecular formula is C19H19N3. The topological polar surface area (TPSA) is 30.7 Å². The van der Waals surface area contributed by atoms with Gasteiger partial charge in [0.05, 0.1) is 18.4 Å². The Kier molecular flexibility index (Phi) is 4.15. The van der Waals surface area contributed by atoms with Crippen LogP contribution in [0.5, 0.6) is 0 Å². The standard InChI is InChI=1S/C19H19N3/c1-3-7-19-15(2)10-17(11-20-19)18-12-21-22(14-18)13-16-8-5-4-6-9-16/h3-12,14H,13H2,1-2H3/b7-3-. The first-order valence-corrected chi connectivity index (χ1v) is 7.42. The van der Waals surface area contributed by atoms with Crippen molar-refractivity contribution in [3.63, 3.8) is 0 Å². The van der Waals surface area contributed by atoms with Crippen molar-refractivity contribution >= 4 is 6.08 Å². The molecule has 0 N–H and O–H groups in total. The molecule has 2 aromatic heterocycles. The molecule has 0 fully saturated rings. The first-order valence-electron chi connectivity index (χ1n) is 7.42. The van der Waals surface area contributed by atoms with Crippen molar-refractivity contribution in [3.8, 4) is 11.1 Å². The second kappa shape index (κ2) is 6.39. The van der Waals surface area contributed by atoms with Crippen LogP contribution in [0.25, 0.3) is 17.2 Å². The molecule has 0 saturated heterocycles. The number of hydrogen-bond donors (Lipinski definition) is 0. The highest BCUT2D eigenvalue weighted by atomic mass is 15.3. The number of rotatable bonds is 4. The molecule has 0 radical (unpaired) electrons. The molecular weight excluding hydrogens is 270 g/mol. The summed E-state index contributed by atoms with van der Waals surface area (Å²) in [5.74, 6) is 0. The maximum atomic E-state index is 4.51. The van der Waals surface area contributed by atoms with Gasteiger partial charge in [-0.1, -0.05) is 36.4 Å². The fraction of sp³-hybridized carbons (Fsp3) is 0.158. The predicted molar refractivity (Wildman–Crippen MR) is 90.4 cm³/mol. The summed E-state index contributed by atoms with van der Waals surface area (Å²) >= 11 is 0. The fourth-order valence-electron chi connectivity index (χ4n) is 2.45. The summed E-state index contributed by atoms with van der Waals surface area (Å²) < 4.78 is 1.96. The van der Waals surface area contributed by atoms with Crippen molar-refractivity contribution in [2.45, 2.75) is 20.4 Å². The molecule has 0 saturated carbocycles. The number of pyridine rings is 1. The SMILES string of the molecule is C/C=C\c1ncc(-c2cnn(Cc3ccccc3)c2)cc1C. The molecule has 0 bridgehead atoms. The first kappa shape index (κ1) is 14.3. The largest absolute Gasteiger partial charge is 0.268 e. The number of hydrogen-bond acceptors (Lipinski definition) is 2. The molecule has 3 aromatic rings. The molecule has 0 unspecified atom stereocenters. The van der Waals surface area contributed by atoms with E-state index < -0.39 is 0 Å². The van der Waals surface area contributed by atoms with Crippen LogP contribution in [0.3, 0.4) is 0 Å². The first-order chi connectivity index (χ1) is 10.8. The molecule has 0 amide bonds. The molecule has 0 spiro atoms. The van der Waals surface area contributed by atoms with Gasteiger partial charge >= 0.3 is 0 Å². The van der Waals surface area contributed by atoms with Crippen molar-refractivity contribution in [2.24, 2.45) is 0 Å². The third kappa shape index (κ3) is 3.14. The van der Waals surface area contributed by atoms with Crippen LogP contribution in [0.1, 0.15) is 23.7 Å². The maximum absolute atomic E-state index is 4.51. The summed E-state index contributed by atoms with van der Waals surface area (Å²) in [7, 11) is 0. The Balaban J connectivity index is 1.83. The molecule has 1 aromatic carbocycles. The van der Waals surface area contributed by atoms with Gasteiger partial charge < -0.3 is 0 Å². The van der Waals surface area contributed by atoms with Crippen molar-refractivity contribution in [1.29, 1.82) is 0 Å². The molecule has 0 aliphatic carbocycles. The summed E-state index contributed by atoms with van der Waals surface area (Å²) in [5.41, 5.74) is 5.63. The highest BCUT2D eigenvalue weighted by Crippen LogP contribution is 2.21. The van der Waals surface area contributed by atoms with Gasteiger partial charge in [-0.25, -0.2) is 0 Å². The summed E-state index contributed by atoms with van der Waals surface area (Å²) in [4.78, 5) is 4.51. The second-order valence-corrected chi connectivity index (χ2v) is 5.34. The molecule has 22 heavy (non-hydrogen) atoms. The zero-order chi connectivity index (χ0) is 15.4. The van der Waals surface area contributed by atoms with Gasteiger partial charge in [0.1, 0.15) is 0 Å². The van der Waals surface area contributed by atoms with Crippen LogP contribution >= 0.6 is 0 Å². The fourth-order valence-corrected chi connectivity index (χ4v) is 2.45. The molecule has 3 heteroatoms. The van der Waals surface area contributed by atoms with Gasteiger partial charge in [-0.05, 0) is 37.1 Å². The Hall–Kier alpha value is -2.68. The Bertz CT molecular complexity index is 785. The van der Waals surface area contributed by atoms with Crippen molar-refractivity contribution in [1.82, 2.24) is 14.8 Å². The third-order valence-corrected chi connectivity index (χ3v) is 3.60. The zero-order valence-corrected chi connectivity index (χ0v) is 12.9. The molecule has 0 aliphatic heterocycles. The lowest BCUT2D eigenvalue weighted by Crippen LogP contribution is -1.99. The Morgan fingerprint density at radius 2 is 1.91 bits per heavy atom. The highest BCUT2D eigenvalue weighted by Gasteiger charge is 2.05. The number of nitrogens with zero attached hydrogens (tertiary/aromatic N) is 3. The van der Waals surface area contributed by atoms with Crippen LogP contribution < -0.4 is 0 Å². The van der Waals surface area contributed by atoms with Crippen LogP contribution in [0.2, 0.25) is 0 Å². The average Bonchev–Trinajstić information content (AvgIpc) is 2.99. The molecule has 3 rings (SSSR count). The van der Waals surface area contributed by atoms with E-state index in [4.69, 9.17) is 0 Å². The lowest BCUT2D eigenvalue weighted by molar-refractivity contribution is 0.687. The lowest BCUT2D eigenvalue weighted by Gasteiger charge is -2.03. The minimum absolute atomic E-state index is 0.782. The van der Waals surface area contributed by atoms with Crippen LogP contribution in [0.15, 0.2) is 61.1 Å². The van der Waals surface area contributed by atoms with Crippen LogP contribution in [0.4, 0.5) is 0 Å². The van der Waals surface area contributed by atoms with E-state index >= 15 is 0 Å². The van der Waals surface area contributed by atoms with E-state index in [-0.39, 0.29) is 0 Å².